The van der Waals surface area contributed by atoms with Gasteiger partial charge < -0.3 is 15.3 Å². The van der Waals surface area contributed by atoms with Gasteiger partial charge >= 0.3 is 12.2 Å². The highest BCUT2D eigenvalue weighted by Crippen LogP contribution is 2.10. The Labute approximate surface area is 91.9 Å². The third kappa shape index (κ3) is 3.91. The minimum absolute atomic E-state index is 0.397. The van der Waals surface area contributed by atoms with Crippen molar-refractivity contribution in [2.45, 2.75) is 25.2 Å². The molecule has 0 aromatic heterocycles. The molecule has 0 spiro atoms. The van der Waals surface area contributed by atoms with Gasteiger partial charge in [0.2, 0.25) is 0 Å². The van der Waals surface area contributed by atoms with Gasteiger partial charge in [0.25, 0.3) is 0 Å². The Morgan fingerprint density at radius 2 is 1.56 bits per heavy atom. The number of likely N-dealkylation sites (tertiary alicyclic amines) is 1. The summed E-state index contributed by atoms with van der Waals surface area (Å²) in [5.74, 6) is 0. The summed E-state index contributed by atoms with van der Waals surface area (Å²) in [6.45, 7) is 0.874. The summed E-state index contributed by atoms with van der Waals surface area (Å²) >= 11 is 0. The number of hydrogen-bond acceptors (Lipinski definition) is 4. The van der Waals surface area contributed by atoms with Crippen LogP contribution in [0.2, 0.25) is 0 Å². The zero-order valence-electron chi connectivity index (χ0n) is 8.59. The smallest absolute Gasteiger partial charge is 0.407 e. The van der Waals surface area contributed by atoms with Crippen LogP contribution in [0.25, 0.3) is 0 Å². The van der Waals surface area contributed by atoms with Crippen molar-refractivity contribution in [2.75, 3.05) is 13.1 Å². The molecule has 0 aromatic rings. The van der Waals surface area contributed by atoms with Gasteiger partial charge in [-0.25, -0.2) is 9.59 Å². The first-order valence-electron chi connectivity index (χ1n) is 4.90. The Bertz CT molecular complexity index is 248. The van der Waals surface area contributed by atoms with Crippen molar-refractivity contribution >= 4 is 12.2 Å². The van der Waals surface area contributed by atoms with E-state index in [4.69, 9.17) is 10.2 Å². The number of carbonyl (C=O) groups is 2. The molecule has 16 heavy (non-hydrogen) atoms. The Hall–Kier alpha value is -1.54. The highest BCUT2D eigenvalue weighted by Gasteiger charge is 2.26. The van der Waals surface area contributed by atoms with Gasteiger partial charge in [-0.1, -0.05) is 0 Å². The normalized spacial score (nSPS) is 18.4. The number of hydrogen-bond donors (Lipinski definition) is 5. The van der Waals surface area contributed by atoms with E-state index in [0.717, 1.165) is 0 Å². The van der Waals surface area contributed by atoms with Crippen LogP contribution in [-0.4, -0.2) is 57.9 Å². The molecule has 1 aliphatic rings. The van der Waals surface area contributed by atoms with Crippen molar-refractivity contribution in [3.63, 3.8) is 0 Å². The van der Waals surface area contributed by atoms with Crippen molar-refractivity contribution in [3.05, 3.63) is 0 Å². The minimum atomic E-state index is -1.30. The van der Waals surface area contributed by atoms with E-state index >= 15 is 0 Å². The summed E-state index contributed by atoms with van der Waals surface area (Å²) in [6, 6.07) is 0. The van der Waals surface area contributed by atoms with Crippen molar-refractivity contribution in [1.82, 2.24) is 15.5 Å². The Morgan fingerprint density at radius 3 is 1.94 bits per heavy atom. The number of piperidine rings is 1. The Morgan fingerprint density at radius 1 is 1.12 bits per heavy atom. The maximum absolute atomic E-state index is 10.5. The molecule has 8 nitrogen and oxygen atoms in total. The van der Waals surface area contributed by atoms with Gasteiger partial charge in [-0.15, -0.1) is 0 Å². The van der Waals surface area contributed by atoms with Crippen LogP contribution >= 0.6 is 0 Å². The van der Waals surface area contributed by atoms with Crippen molar-refractivity contribution < 1.29 is 24.9 Å². The molecular formula is C8H15N3O5. The van der Waals surface area contributed by atoms with Gasteiger partial charge in [0.15, 0.2) is 6.29 Å². The zero-order valence-corrected chi connectivity index (χ0v) is 8.59. The molecule has 1 aliphatic heterocycles. The van der Waals surface area contributed by atoms with Crippen molar-refractivity contribution in [3.8, 4) is 0 Å². The van der Waals surface area contributed by atoms with Crippen molar-refractivity contribution in [2.24, 2.45) is 0 Å². The predicted molar refractivity (Wildman–Crippen MR) is 52.9 cm³/mol. The van der Waals surface area contributed by atoms with Crippen LogP contribution in [0.5, 0.6) is 0 Å². The highest BCUT2D eigenvalue weighted by atomic mass is 16.4. The largest absolute Gasteiger partial charge is 0.465 e. The fraction of sp³-hybridized carbons (Fsp3) is 0.750. The maximum atomic E-state index is 10.5. The third-order valence-corrected chi connectivity index (χ3v) is 2.38. The molecule has 0 saturated carbocycles. The summed E-state index contributed by atoms with van der Waals surface area (Å²) in [7, 11) is 0. The number of nitrogens with one attached hydrogen (secondary N) is 2. The number of carboxylic acid groups (broad SMARTS) is 2. The lowest BCUT2D eigenvalue weighted by atomic mass is 10.1. The van der Waals surface area contributed by atoms with E-state index in [0.29, 0.717) is 25.9 Å². The molecule has 0 unspecified atom stereocenters. The topological polar surface area (TPSA) is 122 Å². The van der Waals surface area contributed by atoms with E-state index in [-0.39, 0.29) is 0 Å². The van der Waals surface area contributed by atoms with Gasteiger partial charge in [0.1, 0.15) is 0 Å². The molecule has 92 valence electrons. The van der Waals surface area contributed by atoms with Crippen LogP contribution in [0.3, 0.4) is 0 Å². The summed E-state index contributed by atoms with van der Waals surface area (Å²) in [6.07, 6.45) is -2.97. The molecule has 0 aromatic carbocycles. The molecule has 1 fully saturated rings. The van der Waals surface area contributed by atoms with E-state index in [1.54, 1.807) is 4.90 Å². The molecule has 0 radical (unpaired) electrons. The first-order valence-corrected chi connectivity index (χ1v) is 4.90. The second kappa shape index (κ2) is 5.52. The average Bonchev–Trinajstić information content (AvgIpc) is 2.16. The first kappa shape index (κ1) is 12.5. The molecule has 5 N–H and O–H groups in total. The van der Waals surface area contributed by atoms with Gasteiger partial charge in [-0.05, 0) is 12.8 Å². The van der Waals surface area contributed by atoms with Crippen molar-refractivity contribution in [1.29, 1.82) is 0 Å². The third-order valence-electron chi connectivity index (χ3n) is 2.38. The summed E-state index contributed by atoms with van der Waals surface area (Å²) in [5.41, 5.74) is 0. The first-order chi connectivity index (χ1) is 7.49. The molecule has 0 bridgehead atoms. The molecule has 1 heterocycles. The molecule has 8 heteroatoms. The van der Waals surface area contributed by atoms with E-state index < -0.39 is 24.6 Å². The Kier molecular flexibility index (Phi) is 4.32. The van der Waals surface area contributed by atoms with Crippen LogP contribution in [0.15, 0.2) is 0 Å². The van der Waals surface area contributed by atoms with Crippen LogP contribution in [0.4, 0.5) is 9.59 Å². The standard InChI is InChI=1S/C8H15N3O5/c12-5-1-3-11(4-2-5)6(9-7(13)14)10-8(15)16/h5-6,9-10,12H,1-4H2,(H,13,14)(H,15,16). The van der Waals surface area contributed by atoms with E-state index in [1.165, 1.54) is 0 Å². The van der Waals surface area contributed by atoms with E-state index in [2.05, 4.69) is 10.6 Å². The van der Waals surface area contributed by atoms with Gasteiger partial charge in [-0.2, -0.15) is 0 Å². The van der Waals surface area contributed by atoms with Crippen LogP contribution in [0.1, 0.15) is 12.8 Å². The average molecular weight is 233 g/mol. The molecular weight excluding hydrogens is 218 g/mol. The Balaban J connectivity index is 2.53. The monoisotopic (exact) mass is 233 g/mol. The number of rotatable bonds is 3. The fourth-order valence-corrected chi connectivity index (χ4v) is 1.60. The quantitative estimate of drug-likeness (QED) is 0.409. The predicted octanol–water partition coefficient (Wildman–Crippen LogP) is -0.738. The lowest BCUT2D eigenvalue weighted by Gasteiger charge is -2.35. The number of nitrogens with zero attached hydrogens (tertiary/aromatic N) is 1. The van der Waals surface area contributed by atoms with Gasteiger partial charge in [-0.3, -0.25) is 15.5 Å². The SMILES string of the molecule is O=C(O)NC(NC(=O)O)N1CCC(O)CC1. The van der Waals surface area contributed by atoms with Crippen LogP contribution in [-0.2, 0) is 0 Å². The summed E-state index contributed by atoms with van der Waals surface area (Å²) in [5, 5.41) is 30.5. The molecule has 1 rings (SSSR count). The molecule has 2 amide bonds. The van der Waals surface area contributed by atoms with E-state index in [1.807, 2.05) is 0 Å². The zero-order chi connectivity index (χ0) is 12.1. The summed E-state index contributed by atoms with van der Waals surface area (Å²) in [4.78, 5) is 22.6. The van der Waals surface area contributed by atoms with Gasteiger partial charge in [0, 0.05) is 13.1 Å². The van der Waals surface area contributed by atoms with Crippen LogP contribution < -0.4 is 10.6 Å². The second-order valence-corrected chi connectivity index (χ2v) is 3.57. The molecule has 0 aliphatic carbocycles. The number of amides is 2. The second-order valence-electron chi connectivity index (χ2n) is 3.57. The van der Waals surface area contributed by atoms with Crippen LogP contribution in [0, 0.1) is 0 Å². The molecule has 0 atom stereocenters. The van der Waals surface area contributed by atoms with E-state index in [9.17, 15) is 14.7 Å². The fourth-order valence-electron chi connectivity index (χ4n) is 1.60. The number of aliphatic hydroxyl groups excluding tert-OH is 1. The maximum Gasteiger partial charge on any atom is 0.407 e. The summed E-state index contributed by atoms with van der Waals surface area (Å²) < 4.78 is 0. The van der Waals surface area contributed by atoms with Gasteiger partial charge in [0.05, 0.1) is 6.10 Å². The lowest BCUT2D eigenvalue weighted by molar-refractivity contribution is 0.0418. The number of aliphatic hydroxyl groups is 1. The lowest BCUT2D eigenvalue weighted by Crippen LogP contribution is -2.59. The minimum Gasteiger partial charge on any atom is -0.465 e. The highest BCUT2D eigenvalue weighted by molar-refractivity contribution is 5.68. The molecule has 1 saturated heterocycles.